The second kappa shape index (κ2) is 7.55. The Kier molecular flexibility index (Phi) is 5.74. The third-order valence-corrected chi connectivity index (χ3v) is 4.27. The van der Waals surface area contributed by atoms with Crippen molar-refractivity contribution in [2.75, 3.05) is 26.2 Å². The van der Waals surface area contributed by atoms with E-state index in [2.05, 4.69) is 12.2 Å². The lowest BCUT2D eigenvalue weighted by atomic mass is 10.00. The molecule has 1 aliphatic rings. The van der Waals surface area contributed by atoms with Gasteiger partial charge in [0.15, 0.2) is 0 Å². The molecular formula is C16H23ClN2O2. The summed E-state index contributed by atoms with van der Waals surface area (Å²) in [7, 11) is 0. The monoisotopic (exact) mass is 310 g/mol. The van der Waals surface area contributed by atoms with Gasteiger partial charge in [0.05, 0.1) is 6.54 Å². The second-order valence-corrected chi connectivity index (χ2v) is 6.07. The second-order valence-electron chi connectivity index (χ2n) is 5.66. The molecule has 2 amide bonds. The van der Waals surface area contributed by atoms with E-state index in [0.29, 0.717) is 13.2 Å². The summed E-state index contributed by atoms with van der Waals surface area (Å²) in [5, 5.41) is 3.63. The Hall–Kier alpha value is -1.42. The molecule has 0 radical (unpaired) electrons. The molecule has 0 bridgehead atoms. The minimum absolute atomic E-state index is 0.0118. The third kappa shape index (κ3) is 4.81. The number of urea groups is 1. The summed E-state index contributed by atoms with van der Waals surface area (Å²) in [6.07, 6.45) is 2.18. The zero-order valence-electron chi connectivity index (χ0n) is 12.7. The number of piperidine rings is 1. The summed E-state index contributed by atoms with van der Waals surface area (Å²) in [6, 6.07) is 5.57. The summed E-state index contributed by atoms with van der Waals surface area (Å²) in [4.78, 5) is 13.8. The van der Waals surface area contributed by atoms with Crippen LogP contribution in [0, 0.1) is 12.8 Å². The Morgan fingerprint density at radius 3 is 2.81 bits per heavy atom. The summed E-state index contributed by atoms with van der Waals surface area (Å²) in [6.45, 7) is 6.84. The van der Waals surface area contributed by atoms with Crippen molar-refractivity contribution in [1.29, 1.82) is 0 Å². The first-order chi connectivity index (χ1) is 10.1. The smallest absolute Gasteiger partial charge is 0.317 e. The van der Waals surface area contributed by atoms with Gasteiger partial charge >= 0.3 is 6.03 Å². The van der Waals surface area contributed by atoms with E-state index in [4.69, 9.17) is 16.3 Å². The molecule has 0 atom stereocenters. The van der Waals surface area contributed by atoms with Gasteiger partial charge in [-0.25, -0.2) is 4.79 Å². The molecule has 1 aromatic rings. The van der Waals surface area contributed by atoms with Crippen LogP contribution in [0.4, 0.5) is 4.79 Å². The molecule has 0 spiro atoms. The average Bonchev–Trinajstić information content (AvgIpc) is 2.47. The molecule has 4 nitrogen and oxygen atoms in total. The number of hydrogen-bond acceptors (Lipinski definition) is 2. The molecular weight excluding hydrogens is 288 g/mol. The van der Waals surface area contributed by atoms with Crippen molar-refractivity contribution in [3.8, 4) is 5.75 Å². The van der Waals surface area contributed by atoms with Gasteiger partial charge in [-0.3, -0.25) is 0 Å². The van der Waals surface area contributed by atoms with Crippen molar-refractivity contribution in [3.63, 3.8) is 0 Å². The van der Waals surface area contributed by atoms with E-state index in [1.54, 1.807) is 0 Å². The first-order valence-electron chi connectivity index (χ1n) is 7.48. The van der Waals surface area contributed by atoms with E-state index in [-0.39, 0.29) is 6.03 Å². The van der Waals surface area contributed by atoms with Crippen LogP contribution < -0.4 is 10.1 Å². The quantitative estimate of drug-likeness (QED) is 0.865. The van der Waals surface area contributed by atoms with Crippen LogP contribution in [-0.4, -0.2) is 37.2 Å². The molecule has 0 unspecified atom stereocenters. The van der Waals surface area contributed by atoms with E-state index in [1.807, 2.05) is 30.0 Å². The average molecular weight is 311 g/mol. The molecule has 21 heavy (non-hydrogen) atoms. The molecule has 116 valence electrons. The maximum absolute atomic E-state index is 12.0. The van der Waals surface area contributed by atoms with Gasteiger partial charge < -0.3 is 15.0 Å². The van der Waals surface area contributed by atoms with Gasteiger partial charge in [-0.2, -0.15) is 0 Å². The molecule has 1 aliphatic heterocycles. The fourth-order valence-corrected chi connectivity index (χ4v) is 2.47. The lowest BCUT2D eigenvalue weighted by Crippen LogP contribution is -2.45. The van der Waals surface area contributed by atoms with Crippen LogP contribution in [-0.2, 0) is 0 Å². The molecule has 2 rings (SSSR count). The standard InChI is InChI=1S/C16H23ClN2O2/c1-12-5-8-19(9-6-12)16(20)18-7-10-21-14-3-4-15(17)13(2)11-14/h3-4,11-12H,5-10H2,1-2H3,(H,18,20). The number of aryl methyl sites for hydroxylation is 1. The molecule has 0 aromatic heterocycles. The van der Waals surface area contributed by atoms with Gasteiger partial charge in [0.1, 0.15) is 12.4 Å². The van der Waals surface area contributed by atoms with Gasteiger partial charge in [0.25, 0.3) is 0 Å². The Balaban J connectivity index is 1.67. The van der Waals surface area contributed by atoms with Gasteiger partial charge in [-0.15, -0.1) is 0 Å². The van der Waals surface area contributed by atoms with Crippen LogP contribution in [0.5, 0.6) is 5.75 Å². The van der Waals surface area contributed by atoms with Crippen LogP contribution in [0.15, 0.2) is 18.2 Å². The summed E-state index contributed by atoms with van der Waals surface area (Å²) >= 11 is 5.96. The number of halogens is 1. The number of carbonyl (C=O) groups excluding carboxylic acids is 1. The zero-order chi connectivity index (χ0) is 15.2. The third-order valence-electron chi connectivity index (χ3n) is 3.85. The summed E-state index contributed by atoms with van der Waals surface area (Å²) < 4.78 is 5.60. The Labute approximate surface area is 131 Å². The van der Waals surface area contributed by atoms with Crippen molar-refractivity contribution in [3.05, 3.63) is 28.8 Å². The first kappa shape index (κ1) is 16.0. The minimum Gasteiger partial charge on any atom is -0.492 e. The maximum Gasteiger partial charge on any atom is 0.317 e. The number of carbonyl (C=O) groups is 1. The number of nitrogens with one attached hydrogen (secondary N) is 1. The zero-order valence-corrected chi connectivity index (χ0v) is 13.4. The van der Waals surface area contributed by atoms with Crippen molar-refractivity contribution >= 4 is 17.6 Å². The van der Waals surface area contributed by atoms with Crippen LogP contribution in [0.3, 0.4) is 0 Å². The lowest BCUT2D eigenvalue weighted by molar-refractivity contribution is 0.172. The van der Waals surface area contributed by atoms with Gasteiger partial charge in [-0.05, 0) is 49.4 Å². The van der Waals surface area contributed by atoms with E-state index in [0.717, 1.165) is 48.2 Å². The van der Waals surface area contributed by atoms with Crippen molar-refractivity contribution in [2.45, 2.75) is 26.7 Å². The summed E-state index contributed by atoms with van der Waals surface area (Å²) in [5.41, 5.74) is 0.987. The van der Waals surface area contributed by atoms with Crippen molar-refractivity contribution < 1.29 is 9.53 Å². The normalized spacial score (nSPS) is 15.9. The first-order valence-corrected chi connectivity index (χ1v) is 7.86. The number of nitrogens with zero attached hydrogens (tertiary/aromatic N) is 1. The van der Waals surface area contributed by atoms with Gasteiger partial charge in [0.2, 0.25) is 0 Å². The fraction of sp³-hybridized carbons (Fsp3) is 0.562. The predicted octanol–water partition coefficient (Wildman–Crippen LogP) is 3.47. The number of rotatable bonds is 4. The van der Waals surface area contributed by atoms with Crippen LogP contribution >= 0.6 is 11.6 Å². The van der Waals surface area contributed by atoms with Crippen molar-refractivity contribution in [2.24, 2.45) is 5.92 Å². The Morgan fingerprint density at radius 1 is 1.43 bits per heavy atom. The van der Waals surface area contributed by atoms with Crippen LogP contribution in [0.25, 0.3) is 0 Å². The fourth-order valence-electron chi connectivity index (χ4n) is 2.36. The number of amides is 2. The topological polar surface area (TPSA) is 41.6 Å². The Morgan fingerprint density at radius 2 is 2.14 bits per heavy atom. The lowest BCUT2D eigenvalue weighted by Gasteiger charge is -2.30. The van der Waals surface area contributed by atoms with E-state index in [9.17, 15) is 4.79 Å². The van der Waals surface area contributed by atoms with Crippen molar-refractivity contribution in [1.82, 2.24) is 10.2 Å². The molecule has 0 aliphatic carbocycles. The number of ether oxygens (including phenoxy) is 1. The maximum atomic E-state index is 12.0. The molecule has 1 saturated heterocycles. The highest BCUT2D eigenvalue weighted by Gasteiger charge is 2.19. The highest BCUT2D eigenvalue weighted by atomic mass is 35.5. The highest BCUT2D eigenvalue weighted by Crippen LogP contribution is 2.20. The predicted molar refractivity (Wildman–Crippen MR) is 85.1 cm³/mol. The van der Waals surface area contributed by atoms with Gasteiger partial charge in [0, 0.05) is 18.1 Å². The molecule has 1 aromatic carbocycles. The molecule has 1 fully saturated rings. The molecule has 0 saturated carbocycles. The largest absolute Gasteiger partial charge is 0.492 e. The number of likely N-dealkylation sites (tertiary alicyclic amines) is 1. The molecule has 1 heterocycles. The molecule has 1 N–H and O–H groups in total. The van der Waals surface area contributed by atoms with Crippen LogP contribution in [0.1, 0.15) is 25.3 Å². The van der Waals surface area contributed by atoms with E-state index >= 15 is 0 Å². The van der Waals surface area contributed by atoms with Crippen LogP contribution in [0.2, 0.25) is 5.02 Å². The number of hydrogen-bond donors (Lipinski definition) is 1. The highest BCUT2D eigenvalue weighted by molar-refractivity contribution is 6.31. The minimum atomic E-state index is 0.0118. The number of benzene rings is 1. The Bertz CT molecular complexity index is 485. The van der Waals surface area contributed by atoms with E-state index in [1.165, 1.54) is 0 Å². The SMILES string of the molecule is Cc1cc(OCCNC(=O)N2CCC(C)CC2)ccc1Cl. The van der Waals surface area contributed by atoms with E-state index < -0.39 is 0 Å². The summed E-state index contributed by atoms with van der Waals surface area (Å²) in [5.74, 6) is 1.50. The van der Waals surface area contributed by atoms with Gasteiger partial charge in [-0.1, -0.05) is 18.5 Å². The molecule has 5 heteroatoms.